The molecule has 0 saturated carbocycles. The highest BCUT2D eigenvalue weighted by atomic mass is 19.4. The van der Waals surface area contributed by atoms with E-state index in [0.29, 0.717) is 6.54 Å². The normalized spacial score (nSPS) is 19.6. The highest BCUT2D eigenvalue weighted by molar-refractivity contribution is 6.00. The third-order valence-electron chi connectivity index (χ3n) is 3.59. The van der Waals surface area contributed by atoms with Gasteiger partial charge in [-0.3, -0.25) is 4.79 Å². The van der Waals surface area contributed by atoms with Crippen molar-refractivity contribution in [3.63, 3.8) is 0 Å². The Kier molecular flexibility index (Phi) is 4.41. The second-order valence-corrected chi connectivity index (χ2v) is 5.20. The van der Waals surface area contributed by atoms with E-state index in [0.717, 1.165) is 19.0 Å². The minimum absolute atomic E-state index is 0.0156. The maximum absolute atomic E-state index is 13.0. The number of amides is 1. The van der Waals surface area contributed by atoms with E-state index in [1.165, 1.54) is 19.2 Å². The van der Waals surface area contributed by atoms with Crippen LogP contribution in [-0.2, 0) is 6.18 Å². The Morgan fingerprint density at radius 3 is 2.62 bits per heavy atom. The lowest BCUT2D eigenvalue weighted by Gasteiger charge is -2.18. The zero-order valence-electron chi connectivity index (χ0n) is 11.9. The van der Waals surface area contributed by atoms with Crippen LogP contribution in [0.25, 0.3) is 0 Å². The van der Waals surface area contributed by atoms with Crippen molar-refractivity contribution >= 4 is 11.6 Å². The lowest BCUT2D eigenvalue weighted by Crippen LogP contribution is -2.37. The monoisotopic (exact) mass is 301 g/mol. The van der Waals surface area contributed by atoms with Crippen molar-refractivity contribution in [1.29, 1.82) is 0 Å². The predicted octanol–water partition coefficient (Wildman–Crippen LogP) is 2.18. The molecule has 1 aliphatic heterocycles. The molecule has 1 unspecified atom stereocenters. The second-order valence-electron chi connectivity index (χ2n) is 5.20. The second kappa shape index (κ2) is 5.93. The molecule has 1 atom stereocenters. The zero-order valence-corrected chi connectivity index (χ0v) is 11.9. The van der Waals surface area contributed by atoms with Crippen LogP contribution >= 0.6 is 0 Å². The fourth-order valence-corrected chi connectivity index (χ4v) is 2.56. The van der Waals surface area contributed by atoms with E-state index < -0.39 is 17.6 Å². The van der Waals surface area contributed by atoms with Crippen LogP contribution in [0.3, 0.4) is 0 Å². The average Bonchev–Trinajstić information content (AvgIpc) is 2.82. The number of carbonyl (C=O) groups is 1. The molecular weight excluding hydrogens is 283 g/mol. The molecule has 1 aromatic carbocycles. The van der Waals surface area contributed by atoms with Gasteiger partial charge in [-0.25, -0.2) is 0 Å². The number of benzene rings is 1. The molecule has 1 aromatic rings. The Hall–Kier alpha value is -1.76. The molecule has 0 bridgehead atoms. The molecule has 0 spiro atoms. The molecule has 2 N–H and O–H groups in total. The molecule has 21 heavy (non-hydrogen) atoms. The molecule has 1 aliphatic rings. The Bertz CT molecular complexity index is 531. The number of para-hydroxylation sites is 1. The molecule has 2 rings (SSSR count). The largest absolute Gasteiger partial charge is 0.418 e. The number of alkyl halides is 3. The zero-order chi connectivity index (χ0) is 15.6. The van der Waals surface area contributed by atoms with Crippen molar-refractivity contribution in [3.05, 3.63) is 29.3 Å². The molecule has 4 nitrogen and oxygen atoms in total. The number of likely N-dealkylation sites (N-methyl/N-ethyl adjacent to an activating group) is 1. The van der Waals surface area contributed by atoms with E-state index in [1.54, 1.807) is 0 Å². The first-order valence-corrected chi connectivity index (χ1v) is 6.70. The minimum Gasteiger partial charge on any atom is -0.387 e. The van der Waals surface area contributed by atoms with Gasteiger partial charge in [-0.2, -0.15) is 13.2 Å². The van der Waals surface area contributed by atoms with Crippen LogP contribution in [-0.4, -0.2) is 44.0 Å². The van der Waals surface area contributed by atoms with Gasteiger partial charge in [0, 0.05) is 19.6 Å². The molecule has 1 amide bonds. The first-order valence-electron chi connectivity index (χ1n) is 6.70. The topological polar surface area (TPSA) is 44.4 Å². The van der Waals surface area contributed by atoms with Gasteiger partial charge in [0.2, 0.25) is 0 Å². The van der Waals surface area contributed by atoms with Crippen molar-refractivity contribution in [2.75, 3.05) is 32.5 Å². The summed E-state index contributed by atoms with van der Waals surface area (Å²) in [7, 11) is 3.32. The van der Waals surface area contributed by atoms with E-state index in [2.05, 4.69) is 15.5 Å². The van der Waals surface area contributed by atoms with Crippen molar-refractivity contribution < 1.29 is 18.0 Å². The number of carbonyl (C=O) groups excluding carboxylic acids is 1. The average molecular weight is 301 g/mol. The van der Waals surface area contributed by atoms with Gasteiger partial charge < -0.3 is 15.5 Å². The van der Waals surface area contributed by atoms with Crippen molar-refractivity contribution in [2.45, 2.75) is 18.6 Å². The minimum atomic E-state index is -4.50. The van der Waals surface area contributed by atoms with Crippen LogP contribution in [0, 0.1) is 0 Å². The first-order chi connectivity index (χ1) is 9.82. The molecule has 116 valence electrons. The van der Waals surface area contributed by atoms with Gasteiger partial charge in [0.05, 0.1) is 16.8 Å². The number of rotatable bonds is 3. The summed E-state index contributed by atoms with van der Waals surface area (Å²) < 4.78 is 38.9. The third kappa shape index (κ3) is 3.47. The number of hydrogen-bond donors (Lipinski definition) is 2. The maximum Gasteiger partial charge on any atom is 0.418 e. The van der Waals surface area contributed by atoms with Gasteiger partial charge in [-0.05, 0) is 32.1 Å². The van der Waals surface area contributed by atoms with Crippen LogP contribution < -0.4 is 10.6 Å². The number of nitrogens with one attached hydrogen (secondary N) is 2. The molecule has 0 aromatic heterocycles. The van der Waals surface area contributed by atoms with E-state index in [4.69, 9.17) is 0 Å². The number of likely N-dealkylation sites (tertiary alicyclic amines) is 1. The van der Waals surface area contributed by atoms with Crippen molar-refractivity contribution in [1.82, 2.24) is 10.2 Å². The number of hydrogen-bond acceptors (Lipinski definition) is 3. The smallest absolute Gasteiger partial charge is 0.387 e. The van der Waals surface area contributed by atoms with E-state index >= 15 is 0 Å². The van der Waals surface area contributed by atoms with Crippen LogP contribution in [0.1, 0.15) is 22.3 Å². The van der Waals surface area contributed by atoms with Crippen LogP contribution in [0.15, 0.2) is 18.2 Å². The summed E-state index contributed by atoms with van der Waals surface area (Å²) in [6.07, 6.45) is -3.70. The van der Waals surface area contributed by atoms with Crippen LogP contribution in [0.4, 0.5) is 18.9 Å². The van der Waals surface area contributed by atoms with Crippen LogP contribution in [0.5, 0.6) is 0 Å². The quantitative estimate of drug-likeness (QED) is 0.899. The maximum atomic E-state index is 13.0. The highest BCUT2D eigenvalue weighted by Crippen LogP contribution is 2.36. The summed E-state index contributed by atoms with van der Waals surface area (Å²) in [5.74, 6) is -0.481. The molecule has 1 saturated heterocycles. The summed E-state index contributed by atoms with van der Waals surface area (Å²) in [5, 5.41) is 5.29. The van der Waals surface area contributed by atoms with Gasteiger partial charge in [-0.15, -0.1) is 0 Å². The standard InChI is InChI=1S/C14H18F3N3O/c1-18-12-10(4-3-5-11(12)14(15,16)17)13(21)19-9-6-7-20(2)8-9/h3-5,9,18H,6-8H2,1-2H3,(H,19,21). The lowest BCUT2D eigenvalue weighted by atomic mass is 10.1. The SMILES string of the molecule is CNc1c(C(=O)NC2CCN(C)C2)cccc1C(F)(F)F. The Balaban J connectivity index is 2.24. The van der Waals surface area contributed by atoms with Gasteiger partial charge in [-0.1, -0.05) is 6.07 Å². The van der Waals surface area contributed by atoms with E-state index in [-0.39, 0.29) is 17.3 Å². The summed E-state index contributed by atoms with van der Waals surface area (Å²) >= 11 is 0. The molecule has 0 aliphatic carbocycles. The summed E-state index contributed by atoms with van der Waals surface area (Å²) in [5.41, 5.74) is -1.00. The summed E-state index contributed by atoms with van der Waals surface area (Å²) in [6, 6.07) is 3.59. The fraction of sp³-hybridized carbons (Fsp3) is 0.500. The third-order valence-corrected chi connectivity index (χ3v) is 3.59. The van der Waals surface area contributed by atoms with Gasteiger partial charge in [0.25, 0.3) is 5.91 Å². The van der Waals surface area contributed by atoms with E-state index in [1.807, 2.05) is 7.05 Å². The Morgan fingerprint density at radius 1 is 1.38 bits per heavy atom. The predicted molar refractivity (Wildman–Crippen MR) is 74.4 cm³/mol. The Morgan fingerprint density at radius 2 is 2.10 bits per heavy atom. The Labute approximate surface area is 121 Å². The van der Waals surface area contributed by atoms with Crippen LogP contribution in [0.2, 0.25) is 0 Å². The van der Waals surface area contributed by atoms with Gasteiger partial charge >= 0.3 is 6.18 Å². The lowest BCUT2D eigenvalue weighted by molar-refractivity contribution is -0.136. The summed E-state index contributed by atoms with van der Waals surface area (Å²) in [4.78, 5) is 14.3. The molecule has 7 heteroatoms. The highest BCUT2D eigenvalue weighted by Gasteiger charge is 2.35. The molecule has 1 fully saturated rings. The number of anilines is 1. The fourth-order valence-electron chi connectivity index (χ4n) is 2.56. The van der Waals surface area contributed by atoms with Gasteiger partial charge in [0.15, 0.2) is 0 Å². The molecule has 1 heterocycles. The van der Waals surface area contributed by atoms with E-state index in [9.17, 15) is 18.0 Å². The molecule has 0 radical (unpaired) electrons. The molecular formula is C14H18F3N3O. The van der Waals surface area contributed by atoms with Gasteiger partial charge in [0.1, 0.15) is 0 Å². The summed E-state index contributed by atoms with van der Waals surface area (Å²) in [6.45, 7) is 1.58. The first kappa shape index (κ1) is 15.6. The van der Waals surface area contributed by atoms with Crippen molar-refractivity contribution in [2.24, 2.45) is 0 Å². The number of halogens is 3. The van der Waals surface area contributed by atoms with Crippen molar-refractivity contribution in [3.8, 4) is 0 Å². The number of nitrogens with zero attached hydrogens (tertiary/aromatic N) is 1.